The monoisotopic (exact) mass is 248 g/mol. The summed E-state index contributed by atoms with van der Waals surface area (Å²) in [4.78, 5) is 4.23. The fraction of sp³-hybridized carbons (Fsp3) is 0.0833. The highest BCUT2D eigenvalue weighted by molar-refractivity contribution is 7.89. The molecule has 0 unspecified atom stereocenters. The molecule has 0 spiro atoms. The molecule has 1 aromatic carbocycles. The van der Waals surface area contributed by atoms with Gasteiger partial charge in [-0.15, -0.1) is 6.58 Å². The Morgan fingerprint density at radius 2 is 2.18 bits per heavy atom. The molecule has 0 saturated heterocycles. The zero-order valence-corrected chi connectivity index (χ0v) is 9.94. The van der Waals surface area contributed by atoms with Crippen molar-refractivity contribution in [1.82, 2.24) is 9.71 Å². The lowest BCUT2D eigenvalue weighted by molar-refractivity contribution is 0.586. The summed E-state index contributed by atoms with van der Waals surface area (Å²) in [5.41, 5.74) is 0. The van der Waals surface area contributed by atoms with Gasteiger partial charge in [0.1, 0.15) is 0 Å². The van der Waals surface area contributed by atoms with Crippen LogP contribution < -0.4 is 4.72 Å². The van der Waals surface area contributed by atoms with E-state index in [1.165, 1.54) is 6.08 Å². The van der Waals surface area contributed by atoms with Gasteiger partial charge in [-0.05, 0) is 12.1 Å². The van der Waals surface area contributed by atoms with Gasteiger partial charge in [-0.25, -0.2) is 13.1 Å². The molecule has 0 aliphatic rings. The van der Waals surface area contributed by atoms with E-state index in [0.717, 1.165) is 5.39 Å². The Hall–Kier alpha value is -1.72. The summed E-state index contributed by atoms with van der Waals surface area (Å²) >= 11 is 0. The zero-order chi connectivity index (χ0) is 12.3. The molecule has 4 nitrogen and oxygen atoms in total. The number of benzene rings is 1. The quantitative estimate of drug-likeness (QED) is 0.838. The first-order valence-corrected chi connectivity index (χ1v) is 6.57. The van der Waals surface area contributed by atoms with Gasteiger partial charge in [0.15, 0.2) is 0 Å². The second-order valence-corrected chi connectivity index (χ2v) is 5.23. The van der Waals surface area contributed by atoms with Gasteiger partial charge in [0, 0.05) is 29.7 Å². The van der Waals surface area contributed by atoms with Crippen molar-refractivity contribution in [1.29, 1.82) is 0 Å². The van der Waals surface area contributed by atoms with Crippen LogP contribution in [0.4, 0.5) is 0 Å². The van der Waals surface area contributed by atoms with E-state index in [4.69, 9.17) is 0 Å². The summed E-state index contributed by atoms with van der Waals surface area (Å²) in [6.07, 6.45) is 4.72. The van der Waals surface area contributed by atoms with Crippen molar-refractivity contribution in [3.8, 4) is 0 Å². The lowest BCUT2D eigenvalue weighted by Crippen LogP contribution is -2.23. The summed E-state index contributed by atoms with van der Waals surface area (Å²) < 4.78 is 26.5. The highest BCUT2D eigenvalue weighted by Crippen LogP contribution is 2.21. The van der Waals surface area contributed by atoms with Crippen LogP contribution in [0.1, 0.15) is 0 Å². The highest BCUT2D eigenvalue weighted by Gasteiger charge is 2.15. The van der Waals surface area contributed by atoms with E-state index in [-0.39, 0.29) is 11.4 Å². The Bertz CT molecular complexity index is 645. The number of aromatic nitrogens is 1. The van der Waals surface area contributed by atoms with Crippen LogP contribution in [-0.2, 0) is 10.0 Å². The first kappa shape index (κ1) is 11.8. The Morgan fingerprint density at radius 3 is 2.94 bits per heavy atom. The molecule has 0 fully saturated rings. The average Bonchev–Trinajstić information content (AvgIpc) is 2.36. The molecule has 2 aromatic rings. The number of nitrogens with zero attached hydrogens (tertiary/aromatic N) is 1. The SMILES string of the molecule is C=CCNS(=O)(=O)c1cccc2cnccc12. The Kier molecular flexibility index (Phi) is 3.21. The van der Waals surface area contributed by atoms with Crippen molar-refractivity contribution >= 4 is 20.8 Å². The molecule has 0 atom stereocenters. The van der Waals surface area contributed by atoms with E-state index in [1.807, 2.05) is 6.07 Å². The fourth-order valence-corrected chi connectivity index (χ4v) is 2.80. The fourth-order valence-electron chi connectivity index (χ4n) is 1.57. The molecule has 2 rings (SSSR count). The first-order chi connectivity index (χ1) is 8.15. The van der Waals surface area contributed by atoms with Crippen LogP contribution in [0.3, 0.4) is 0 Å². The van der Waals surface area contributed by atoms with E-state index in [9.17, 15) is 8.42 Å². The third-order valence-corrected chi connectivity index (χ3v) is 3.83. The number of rotatable bonds is 4. The summed E-state index contributed by atoms with van der Waals surface area (Å²) in [6.45, 7) is 3.69. The van der Waals surface area contributed by atoms with Crippen molar-refractivity contribution in [3.05, 3.63) is 49.3 Å². The van der Waals surface area contributed by atoms with Crippen molar-refractivity contribution in [2.24, 2.45) is 0 Å². The van der Waals surface area contributed by atoms with Crippen molar-refractivity contribution in [2.45, 2.75) is 4.90 Å². The molecular formula is C12H12N2O2S. The standard InChI is InChI=1S/C12H12N2O2S/c1-2-7-14-17(15,16)12-5-3-4-10-9-13-8-6-11(10)12/h2-6,8-9,14H,1,7H2. The van der Waals surface area contributed by atoms with Crippen molar-refractivity contribution in [3.63, 3.8) is 0 Å². The van der Waals surface area contributed by atoms with E-state index < -0.39 is 10.0 Å². The van der Waals surface area contributed by atoms with Gasteiger partial charge in [-0.2, -0.15) is 0 Å². The number of fused-ring (bicyclic) bond motifs is 1. The van der Waals surface area contributed by atoms with Gasteiger partial charge < -0.3 is 0 Å². The molecule has 0 radical (unpaired) electrons. The zero-order valence-electron chi connectivity index (χ0n) is 9.13. The van der Waals surface area contributed by atoms with Crippen molar-refractivity contribution in [2.75, 3.05) is 6.54 Å². The van der Waals surface area contributed by atoms with Crippen LogP contribution in [0, 0.1) is 0 Å². The van der Waals surface area contributed by atoms with E-state index in [1.54, 1.807) is 30.6 Å². The molecule has 1 aromatic heterocycles. The van der Waals surface area contributed by atoms with Gasteiger partial charge in [0.05, 0.1) is 4.90 Å². The molecule has 5 heteroatoms. The minimum Gasteiger partial charge on any atom is -0.264 e. The van der Waals surface area contributed by atoms with Gasteiger partial charge in [-0.1, -0.05) is 18.2 Å². The largest absolute Gasteiger partial charge is 0.264 e. The lowest BCUT2D eigenvalue weighted by atomic mass is 10.2. The van der Waals surface area contributed by atoms with Gasteiger partial charge in [0.2, 0.25) is 10.0 Å². The van der Waals surface area contributed by atoms with Gasteiger partial charge in [0.25, 0.3) is 0 Å². The molecule has 0 aliphatic heterocycles. The number of hydrogen-bond donors (Lipinski definition) is 1. The average molecular weight is 248 g/mol. The molecular weight excluding hydrogens is 236 g/mol. The van der Waals surface area contributed by atoms with Crippen LogP contribution in [0.15, 0.2) is 54.2 Å². The van der Waals surface area contributed by atoms with Crippen LogP contribution in [-0.4, -0.2) is 19.9 Å². The van der Waals surface area contributed by atoms with Crippen LogP contribution in [0.25, 0.3) is 10.8 Å². The van der Waals surface area contributed by atoms with Crippen molar-refractivity contribution < 1.29 is 8.42 Å². The molecule has 1 heterocycles. The lowest BCUT2D eigenvalue weighted by Gasteiger charge is -2.07. The second kappa shape index (κ2) is 4.65. The molecule has 0 bridgehead atoms. The predicted molar refractivity (Wildman–Crippen MR) is 67.1 cm³/mol. The predicted octanol–water partition coefficient (Wildman–Crippen LogP) is 1.70. The molecule has 0 amide bonds. The minimum absolute atomic E-state index is 0.212. The summed E-state index contributed by atoms with van der Waals surface area (Å²) in [7, 11) is -3.50. The first-order valence-electron chi connectivity index (χ1n) is 5.08. The maximum absolute atomic E-state index is 12.0. The molecule has 17 heavy (non-hydrogen) atoms. The molecule has 0 aliphatic carbocycles. The van der Waals surface area contributed by atoms with Gasteiger partial charge in [-0.3, -0.25) is 4.98 Å². The second-order valence-electron chi connectivity index (χ2n) is 3.49. The van der Waals surface area contributed by atoms with Crippen LogP contribution in [0.5, 0.6) is 0 Å². The number of hydrogen-bond acceptors (Lipinski definition) is 3. The van der Waals surface area contributed by atoms with E-state index in [2.05, 4.69) is 16.3 Å². The van der Waals surface area contributed by atoms with Crippen LogP contribution in [0.2, 0.25) is 0 Å². The Balaban J connectivity index is 2.59. The van der Waals surface area contributed by atoms with Gasteiger partial charge >= 0.3 is 0 Å². The topological polar surface area (TPSA) is 59.1 Å². The van der Waals surface area contributed by atoms with Crippen LogP contribution >= 0.6 is 0 Å². The summed E-state index contributed by atoms with van der Waals surface area (Å²) in [5, 5.41) is 1.47. The number of pyridine rings is 1. The summed E-state index contributed by atoms with van der Waals surface area (Å²) in [5.74, 6) is 0. The highest BCUT2D eigenvalue weighted by atomic mass is 32.2. The Morgan fingerprint density at radius 1 is 1.35 bits per heavy atom. The Labute approximate surface area is 100 Å². The van der Waals surface area contributed by atoms with E-state index >= 15 is 0 Å². The molecule has 1 N–H and O–H groups in total. The maximum Gasteiger partial charge on any atom is 0.241 e. The smallest absolute Gasteiger partial charge is 0.241 e. The normalized spacial score (nSPS) is 11.5. The molecule has 0 saturated carbocycles. The molecule has 88 valence electrons. The summed E-state index contributed by atoms with van der Waals surface area (Å²) in [6, 6.07) is 6.80. The number of sulfonamides is 1. The third-order valence-electron chi connectivity index (χ3n) is 2.35. The maximum atomic E-state index is 12.0. The third kappa shape index (κ3) is 2.35. The minimum atomic E-state index is -3.50. The number of nitrogens with one attached hydrogen (secondary N) is 1. The van der Waals surface area contributed by atoms with E-state index in [0.29, 0.717) is 5.39 Å².